The minimum Gasteiger partial charge on any atom is -0.452 e. The molecule has 0 aromatic heterocycles. The first kappa shape index (κ1) is 59.2. The fourth-order valence-electron chi connectivity index (χ4n) is 8.81. The Morgan fingerprint density at radius 3 is 1.76 bits per heavy atom. The molecule has 0 bridgehead atoms. The molecule has 2 fully saturated rings. The number of hydrogen-bond acceptors (Lipinski definition) is 9. The summed E-state index contributed by atoms with van der Waals surface area (Å²) in [6, 6.07) is 8.17. The molecule has 0 aliphatic carbocycles. The molecule has 0 unspecified atom stereocenters. The van der Waals surface area contributed by atoms with Crippen LogP contribution in [0, 0.1) is 0 Å². The van der Waals surface area contributed by atoms with Crippen molar-refractivity contribution in [2.75, 3.05) is 13.2 Å². The molecule has 7 atom stereocenters. The second-order valence-corrected chi connectivity index (χ2v) is 26.5. The fourth-order valence-corrected chi connectivity index (χ4v) is 9.82. The third-order valence-electron chi connectivity index (χ3n) is 14.1. The lowest BCUT2D eigenvalue weighted by atomic mass is 9.99. The fraction of sp³-hybridized carbons (Fsp3) is 0.821. The van der Waals surface area contributed by atoms with Gasteiger partial charge in [0.25, 0.3) is 0 Å². The van der Waals surface area contributed by atoms with Gasteiger partial charge in [-0.1, -0.05) is 200 Å². The Labute approximate surface area is 410 Å². The van der Waals surface area contributed by atoms with Crippen LogP contribution >= 0.6 is 0 Å². The molecular weight excluding hydrogens is 859 g/mol. The molecule has 2 aliphatic heterocycles. The van der Waals surface area contributed by atoms with Gasteiger partial charge in [0, 0.05) is 6.42 Å². The third-order valence-corrected chi connectivity index (χ3v) is 18.6. The summed E-state index contributed by atoms with van der Waals surface area (Å²) in [7, 11) is -2.17. The van der Waals surface area contributed by atoms with E-state index >= 15 is 0 Å². The van der Waals surface area contributed by atoms with Gasteiger partial charge < -0.3 is 38.5 Å². The Bertz CT molecular complexity index is 1480. The van der Waals surface area contributed by atoms with Gasteiger partial charge in [0.1, 0.15) is 30.5 Å². The number of carbonyl (C=O) groups excluding carboxylic acids is 2. The molecule has 2 N–H and O–H groups in total. The highest BCUT2D eigenvalue weighted by Crippen LogP contribution is 2.40. The molecule has 11 heteroatoms. The lowest BCUT2D eigenvalue weighted by molar-refractivity contribution is -0.283. The summed E-state index contributed by atoms with van der Waals surface area (Å²) in [6.45, 7) is 19.3. The number of esters is 1. The normalized spacial score (nSPS) is 21.6. The quantitative estimate of drug-likeness (QED) is 0.0290. The molecule has 2 saturated heterocycles. The van der Waals surface area contributed by atoms with Crippen molar-refractivity contribution in [2.45, 2.75) is 282 Å². The number of nitrogens with one attached hydrogen (secondary N) is 1. The number of ether oxygens (including phenoxy) is 5. The van der Waals surface area contributed by atoms with Gasteiger partial charge in [0.05, 0.1) is 24.8 Å². The van der Waals surface area contributed by atoms with Gasteiger partial charge in [-0.05, 0) is 69.5 Å². The van der Waals surface area contributed by atoms with Crippen LogP contribution in [0.2, 0.25) is 18.1 Å². The van der Waals surface area contributed by atoms with Crippen molar-refractivity contribution in [1.82, 2.24) is 5.32 Å². The highest BCUT2D eigenvalue weighted by Gasteiger charge is 2.56. The third kappa shape index (κ3) is 23.6. The smallest absolute Gasteiger partial charge is 0.338 e. The summed E-state index contributed by atoms with van der Waals surface area (Å²) in [6.07, 6.45) is 30.0. The Kier molecular flexibility index (Phi) is 28.9. The lowest BCUT2D eigenvalue weighted by Gasteiger charge is -2.42. The van der Waals surface area contributed by atoms with E-state index in [4.69, 9.17) is 28.1 Å². The van der Waals surface area contributed by atoms with Crippen molar-refractivity contribution in [3.8, 4) is 0 Å². The zero-order chi connectivity index (χ0) is 49.0. The van der Waals surface area contributed by atoms with Crippen molar-refractivity contribution in [3.05, 3.63) is 48.0 Å². The molecule has 0 radical (unpaired) electrons. The van der Waals surface area contributed by atoms with E-state index in [-0.39, 0.29) is 24.2 Å². The lowest BCUT2D eigenvalue weighted by Crippen LogP contribution is -2.60. The van der Waals surface area contributed by atoms with Gasteiger partial charge in [-0.2, -0.15) is 0 Å². The molecule has 3 rings (SSSR count). The second kappa shape index (κ2) is 32.7. The van der Waals surface area contributed by atoms with Crippen molar-refractivity contribution < 1.29 is 42.8 Å². The first-order chi connectivity index (χ1) is 32.1. The molecule has 2 heterocycles. The van der Waals surface area contributed by atoms with Crippen LogP contribution in [0.25, 0.3) is 0 Å². The number of aliphatic hydroxyl groups excluding tert-OH is 1. The van der Waals surface area contributed by atoms with Crippen molar-refractivity contribution in [1.29, 1.82) is 0 Å². The van der Waals surface area contributed by atoms with Crippen LogP contribution in [0.3, 0.4) is 0 Å². The number of amides is 1. The van der Waals surface area contributed by atoms with Gasteiger partial charge in [0.2, 0.25) is 5.91 Å². The molecule has 2 aliphatic rings. The van der Waals surface area contributed by atoms with E-state index in [1.54, 1.807) is 12.1 Å². The maximum absolute atomic E-state index is 13.8. The average Bonchev–Trinajstić information content (AvgIpc) is 3.63. The number of allylic oxidation sites excluding steroid dienone is 1. The van der Waals surface area contributed by atoms with Crippen LogP contribution in [-0.4, -0.2) is 87.2 Å². The molecule has 10 nitrogen and oxygen atoms in total. The maximum atomic E-state index is 13.8. The minimum absolute atomic E-state index is 0.0197. The van der Waals surface area contributed by atoms with E-state index in [2.05, 4.69) is 59.1 Å². The number of unbranched alkanes of at least 4 members (excludes halogenated alkanes) is 23. The zero-order valence-electron chi connectivity index (χ0n) is 44.1. The van der Waals surface area contributed by atoms with Crippen LogP contribution in [0.15, 0.2) is 42.5 Å². The maximum Gasteiger partial charge on any atom is 0.338 e. The predicted octanol–water partition coefficient (Wildman–Crippen LogP) is 14.1. The summed E-state index contributed by atoms with van der Waals surface area (Å²) >= 11 is 0. The van der Waals surface area contributed by atoms with Crippen LogP contribution in [0.5, 0.6) is 0 Å². The predicted molar refractivity (Wildman–Crippen MR) is 276 cm³/mol. The summed E-state index contributed by atoms with van der Waals surface area (Å²) in [4.78, 5) is 27.5. The zero-order valence-corrected chi connectivity index (χ0v) is 45.1. The second-order valence-electron chi connectivity index (χ2n) is 21.7. The topological polar surface area (TPSA) is 122 Å². The molecule has 386 valence electrons. The number of aliphatic hydroxyl groups is 1. The van der Waals surface area contributed by atoms with E-state index < -0.39 is 62.9 Å². The molecule has 0 saturated carbocycles. The van der Waals surface area contributed by atoms with Crippen LogP contribution < -0.4 is 5.32 Å². The van der Waals surface area contributed by atoms with Gasteiger partial charge in [-0.25, -0.2) is 4.79 Å². The van der Waals surface area contributed by atoms with Crippen molar-refractivity contribution in [2.24, 2.45) is 0 Å². The van der Waals surface area contributed by atoms with E-state index in [9.17, 15) is 14.7 Å². The summed E-state index contributed by atoms with van der Waals surface area (Å²) in [5.74, 6) is -1.56. The van der Waals surface area contributed by atoms with E-state index in [0.717, 1.165) is 38.5 Å². The van der Waals surface area contributed by atoms with Gasteiger partial charge in [-0.15, -0.1) is 0 Å². The average molecular weight is 958 g/mol. The highest BCUT2D eigenvalue weighted by atomic mass is 28.4. The molecule has 1 aromatic carbocycles. The van der Waals surface area contributed by atoms with Crippen LogP contribution in [0.1, 0.15) is 226 Å². The molecule has 0 spiro atoms. The number of carbonyl (C=O) groups is 2. The molecular formula is C56H99NO9Si. The van der Waals surface area contributed by atoms with E-state index in [0.29, 0.717) is 12.0 Å². The van der Waals surface area contributed by atoms with Gasteiger partial charge in [0.15, 0.2) is 20.4 Å². The molecule has 1 amide bonds. The standard InChI is InChI=1S/C56H99NO9Si/c1-10-12-14-16-18-20-22-24-26-28-30-32-37-41-47(63-53(60)45-39-35-34-36-40-45)46(57-49(58)42-38-33-31-29-27-25-23-21-19-17-15-13-11-2)43-61-54-50(59)52-51(65-56(6,7)66-52)48(64-54)44-62-67(8,9)55(3,4)5/h34-37,39-41,46-48,50-52,54,59H,10-33,38,42-44H2,1-9H3,(H,57,58)/b41-37+/t46-,47+,48+,50+,51-,52+,54-/m0/s1. The Morgan fingerprint density at radius 2 is 1.24 bits per heavy atom. The first-order valence-electron chi connectivity index (χ1n) is 27.2. The SMILES string of the molecule is CCCCCCCCCCCCC/C=C/[C@@H](OC(=O)c1ccccc1)[C@H](CO[C@H]1O[C@H](CO[Si](C)(C)C(C)(C)C)[C@@H]2OC(C)(C)O[C@@H]2[C@H]1O)NC(=O)CCCCCCCCCCCCCCC. The first-order valence-corrected chi connectivity index (χ1v) is 30.2. The molecule has 67 heavy (non-hydrogen) atoms. The van der Waals surface area contributed by atoms with Gasteiger partial charge >= 0.3 is 5.97 Å². The van der Waals surface area contributed by atoms with E-state index in [1.165, 1.54) is 122 Å². The number of benzene rings is 1. The molecule has 1 aromatic rings. The van der Waals surface area contributed by atoms with Gasteiger partial charge in [-0.3, -0.25) is 4.79 Å². The summed E-state index contributed by atoms with van der Waals surface area (Å²) < 4.78 is 38.4. The number of hydrogen-bond donors (Lipinski definition) is 2. The summed E-state index contributed by atoms with van der Waals surface area (Å²) in [5, 5.41) is 14.9. The largest absolute Gasteiger partial charge is 0.452 e. The van der Waals surface area contributed by atoms with Crippen LogP contribution in [-0.2, 0) is 32.9 Å². The Hall–Kier alpha value is -2.12. The highest BCUT2D eigenvalue weighted by molar-refractivity contribution is 6.74. The van der Waals surface area contributed by atoms with Crippen LogP contribution in [0.4, 0.5) is 0 Å². The minimum atomic E-state index is -2.17. The Balaban J connectivity index is 1.71. The Morgan fingerprint density at radius 1 is 0.746 bits per heavy atom. The van der Waals surface area contributed by atoms with Crippen molar-refractivity contribution in [3.63, 3.8) is 0 Å². The van der Waals surface area contributed by atoms with E-state index in [1.807, 2.05) is 38.1 Å². The number of rotatable bonds is 37. The monoisotopic (exact) mass is 958 g/mol. The van der Waals surface area contributed by atoms with Crippen molar-refractivity contribution >= 4 is 20.2 Å². The summed E-state index contributed by atoms with van der Waals surface area (Å²) in [5.41, 5.74) is 0.423. The number of fused-ring (bicyclic) bond motifs is 1.